The van der Waals surface area contributed by atoms with Gasteiger partial charge in [-0.05, 0) is 19.8 Å². The summed E-state index contributed by atoms with van der Waals surface area (Å²) in [5.74, 6) is -0.193. The Morgan fingerprint density at radius 2 is 2.20 bits per heavy atom. The normalized spacial score (nSPS) is 22.2. The molecule has 1 aliphatic heterocycles. The first-order chi connectivity index (χ1) is 9.39. The third kappa shape index (κ3) is 5.09. The predicted molar refractivity (Wildman–Crippen MR) is 75.1 cm³/mol. The van der Waals surface area contributed by atoms with Crippen LogP contribution < -0.4 is 5.32 Å². The van der Waals surface area contributed by atoms with Gasteiger partial charge in [0, 0.05) is 33.2 Å². The number of likely N-dealkylation sites (tertiary alicyclic amines) is 1. The third-order valence-electron chi connectivity index (χ3n) is 3.55. The van der Waals surface area contributed by atoms with Gasteiger partial charge in [-0.2, -0.15) is 0 Å². The van der Waals surface area contributed by atoms with Gasteiger partial charge in [-0.25, -0.2) is 0 Å². The van der Waals surface area contributed by atoms with Crippen molar-refractivity contribution in [2.75, 3.05) is 33.4 Å². The molecule has 1 aliphatic rings. The van der Waals surface area contributed by atoms with Gasteiger partial charge in [-0.1, -0.05) is 6.92 Å². The first-order valence-corrected chi connectivity index (χ1v) is 7.16. The largest absolute Gasteiger partial charge is 0.386 e. The Hall–Kier alpha value is -1.14. The Labute approximate surface area is 120 Å². The zero-order valence-corrected chi connectivity index (χ0v) is 12.6. The van der Waals surface area contributed by atoms with Crippen molar-refractivity contribution in [3.05, 3.63) is 0 Å². The van der Waals surface area contributed by atoms with Gasteiger partial charge in [0.2, 0.25) is 11.8 Å². The fourth-order valence-corrected chi connectivity index (χ4v) is 2.43. The molecule has 2 N–H and O–H groups in total. The molecule has 0 bridgehead atoms. The average Bonchev–Trinajstić information content (AvgIpc) is 2.44. The number of nitrogens with one attached hydrogen (secondary N) is 1. The van der Waals surface area contributed by atoms with Crippen LogP contribution in [0.4, 0.5) is 0 Å². The second-order valence-corrected chi connectivity index (χ2v) is 5.68. The number of rotatable bonds is 6. The summed E-state index contributed by atoms with van der Waals surface area (Å²) in [5.41, 5.74) is -1.07. The minimum Gasteiger partial charge on any atom is -0.386 e. The summed E-state index contributed by atoms with van der Waals surface area (Å²) in [6, 6.07) is 0. The highest BCUT2D eigenvalue weighted by atomic mass is 16.5. The van der Waals surface area contributed by atoms with E-state index >= 15 is 0 Å². The maximum Gasteiger partial charge on any atom is 0.225 e. The van der Waals surface area contributed by atoms with E-state index in [4.69, 9.17) is 4.74 Å². The van der Waals surface area contributed by atoms with Crippen LogP contribution in [0.3, 0.4) is 0 Å². The highest BCUT2D eigenvalue weighted by Crippen LogP contribution is 2.17. The van der Waals surface area contributed by atoms with Crippen LogP contribution in [0.5, 0.6) is 0 Å². The molecule has 2 unspecified atom stereocenters. The van der Waals surface area contributed by atoms with Gasteiger partial charge in [0.15, 0.2) is 0 Å². The molecule has 0 spiro atoms. The predicted octanol–water partition coefficient (Wildman–Crippen LogP) is 0.149. The fraction of sp³-hybridized carbons (Fsp3) is 0.857. The van der Waals surface area contributed by atoms with Crippen LogP contribution in [0, 0.1) is 5.92 Å². The monoisotopic (exact) mass is 286 g/mol. The topological polar surface area (TPSA) is 78.9 Å². The molecular weight excluding hydrogens is 260 g/mol. The number of carbonyl (C=O) groups is 2. The second kappa shape index (κ2) is 7.59. The van der Waals surface area contributed by atoms with Crippen molar-refractivity contribution in [3.63, 3.8) is 0 Å². The van der Waals surface area contributed by atoms with Crippen LogP contribution in [0.15, 0.2) is 0 Å². The second-order valence-electron chi connectivity index (χ2n) is 5.68. The minimum atomic E-state index is -1.07. The highest BCUT2D eigenvalue weighted by Gasteiger charge is 2.29. The molecule has 1 saturated heterocycles. The van der Waals surface area contributed by atoms with Crippen molar-refractivity contribution in [3.8, 4) is 0 Å². The quantitative estimate of drug-likeness (QED) is 0.728. The number of ether oxygens (including phenoxy) is 1. The molecule has 1 heterocycles. The van der Waals surface area contributed by atoms with Crippen molar-refractivity contribution in [2.45, 2.75) is 38.7 Å². The maximum absolute atomic E-state index is 12.1. The lowest BCUT2D eigenvalue weighted by Crippen LogP contribution is -2.49. The molecule has 0 aromatic rings. The van der Waals surface area contributed by atoms with Gasteiger partial charge in [-0.15, -0.1) is 0 Å². The molecule has 1 rings (SSSR count). The van der Waals surface area contributed by atoms with E-state index in [9.17, 15) is 14.7 Å². The lowest BCUT2D eigenvalue weighted by atomic mass is 9.96. The van der Waals surface area contributed by atoms with Crippen LogP contribution in [-0.4, -0.2) is 60.8 Å². The van der Waals surface area contributed by atoms with Gasteiger partial charge in [-0.3, -0.25) is 9.59 Å². The number of aliphatic hydroxyl groups is 1. The van der Waals surface area contributed by atoms with E-state index in [-0.39, 0.29) is 30.9 Å². The molecule has 6 heteroatoms. The molecule has 116 valence electrons. The van der Waals surface area contributed by atoms with E-state index in [1.54, 1.807) is 11.8 Å². The van der Waals surface area contributed by atoms with Crippen LogP contribution in [-0.2, 0) is 14.3 Å². The third-order valence-corrected chi connectivity index (χ3v) is 3.55. The molecule has 6 nitrogen and oxygen atoms in total. The Bertz CT molecular complexity index is 344. The number of carbonyl (C=O) groups excluding carboxylic acids is 2. The molecule has 0 saturated carbocycles. The van der Waals surface area contributed by atoms with E-state index in [1.807, 2.05) is 6.92 Å². The van der Waals surface area contributed by atoms with Crippen LogP contribution >= 0.6 is 0 Å². The summed E-state index contributed by atoms with van der Waals surface area (Å²) in [5, 5.41) is 12.7. The first-order valence-electron chi connectivity index (χ1n) is 7.16. The van der Waals surface area contributed by atoms with Crippen molar-refractivity contribution in [2.24, 2.45) is 5.92 Å². The Kier molecular flexibility index (Phi) is 6.42. The van der Waals surface area contributed by atoms with Gasteiger partial charge < -0.3 is 20.1 Å². The summed E-state index contributed by atoms with van der Waals surface area (Å²) >= 11 is 0. The fourth-order valence-electron chi connectivity index (χ4n) is 2.43. The average molecular weight is 286 g/mol. The van der Waals surface area contributed by atoms with Crippen molar-refractivity contribution in [1.29, 1.82) is 0 Å². The smallest absolute Gasteiger partial charge is 0.225 e. The molecule has 2 atom stereocenters. The molecule has 0 aliphatic carbocycles. The van der Waals surface area contributed by atoms with Crippen molar-refractivity contribution in [1.82, 2.24) is 10.2 Å². The maximum atomic E-state index is 12.1. The summed E-state index contributed by atoms with van der Waals surface area (Å²) in [7, 11) is 1.51. The number of nitrogens with zero attached hydrogens (tertiary/aromatic N) is 1. The van der Waals surface area contributed by atoms with Gasteiger partial charge in [0.05, 0.1) is 12.5 Å². The van der Waals surface area contributed by atoms with E-state index in [1.165, 1.54) is 7.11 Å². The van der Waals surface area contributed by atoms with E-state index < -0.39 is 5.60 Å². The molecule has 0 aromatic carbocycles. The Morgan fingerprint density at radius 3 is 2.80 bits per heavy atom. The molecule has 0 radical (unpaired) electrons. The summed E-state index contributed by atoms with van der Waals surface area (Å²) in [6.45, 7) is 4.97. The van der Waals surface area contributed by atoms with Gasteiger partial charge in [0.25, 0.3) is 0 Å². The lowest BCUT2D eigenvalue weighted by Gasteiger charge is -2.32. The number of methoxy groups -OCH3 is 1. The van der Waals surface area contributed by atoms with E-state index in [0.717, 1.165) is 19.4 Å². The summed E-state index contributed by atoms with van der Waals surface area (Å²) < 4.78 is 4.89. The van der Waals surface area contributed by atoms with Gasteiger partial charge in [0.1, 0.15) is 5.60 Å². The van der Waals surface area contributed by atoms with Crippen LogP contribution in [0.1, 0.15) is 33.1 Å². The Morgan fingerprint density at radius 1 is 1.50 bits per heavy atom. The molecule has 1 fully saturated rings. The number of amides is 2. The van der Waals surface area contributed by atoms with Crippen molar-refractivity contribution < 1.29 is 19.4 Å². The molecule has 0 aromatic heterocycles. The standard InChI is InChI=1S/C14H26N2O4/c1-4-12(17)16-7-5-6-11(8-16)13(18)15-9-14(2,19)10-20-3/h11,19H,4-10H2,1-3H3,(H,15,18). The highest BCUT2D eigenvalue weighted by molar-refractivity contribution is 5.81. The molecular formula is C14H26N2O4. The zero-order chi connectivity index (χ0) is 15.2. The number of hydrogen-bond acceptors (Lipinski definition) is 4. The van der Waals surface area contributed by atoms with Crippen LogP contribution in [0.2, 0.25) is 0 Å². The SMILES string of the molecule is CCC(=O)N1CCCC(C(=O)NCC(C)(O)COC)C1. The van der Waals surface area contributed by atoms with E-state index in [0.29, 0.717) is 13.0 Å². The number of hydrogen-bond donors (Lipinski definition) is 2. The first kappa shape index (κ1) is 16.9. The summed E-state index contributed by atoms with van der Waals surface area (Å²) in [4.78, 5) is 25.5. The minimum absolute atomic E-state index is 0.0916. The van der Waals surface area contributed by atoms with E-state index in [2.05, 4.69) is 5.32 Å². The number of piperidine rings is 1. The van der Waals surface area contributed by atoms with Crippen molar-refractivity contribution >= 4 is 11.8 Å². The Balaban J connectivity index is 2.45. The summed E-state index contributed by atoms with van der Waals surface area (Å²) in [6.07, 6.45) is 2.10. The molecule has 2 amide bonds. The van der Waals surface area contributed by atoms with Gasteiger partial charge >= 0.3 is 0 Å². The van der Waals surface area contributed by atoms with Crippen LogP contribution in [0.25, 0.3) is 0 Å². The lowest BCUT2D eigenvalue weighted by molar-refractivity contribution is -0.136. The molecule has 20 heavy (non-hydrogen) atoms. The zero-order valence-electron chi connectivity index (χ0n) is 12.6.